The van der Waals surface area contributed by atoms with Gasteiger partial charge in [0, 0.05) is 26.2 Å². The van der Waals surface area contributed by atoms with Gasteiger partial charge in [0.05, 0.1) is 19.0 Å². The van der Waals surface area contributed by atoms with E-state index in [1.807, 2.05) is 31.2 Å². The van der Waals surface area contributed by atoms with Crippen LogP contribution in [0.1, 0.15) is 25.3 Å². The Balaban J connectivity index is 1.77. The molecule has 2 rings (SSSR count). The van der Waals surface area contributed by atoms with Crippen LogP contribution in [-0.4, -0.2) is 45.9 Å². The molecular formula is C21H28N2O5S. The Morgan fingerprint density at radius 3 is 2.31 bits per heavy atom. The fraction of sp³-hybridized carbons (Fsp3) is 0.381. The van der Waals surface area contributed by atoms with Crippen molar-refractivity contribution in [3.63, 3.8) is 0 Å². The normalized spacial score (nSPS) is 11.3. The lowest BCUT2D eigenvalue weighted by Gasteiger charge is -2.12. The van der Waals surface area contributed by atoms with Crippen LogP contribution in [0.5, 0.6) is 11.5 Å². The van der Waals surface area contributed by atoms with Gasteiger partial charge >= 0.3 is 0 Å². The Bertz CT molecular complexity index is 896. The number of benzene rings is 2. The highest BCUT2D eigenvalue weighted by Gasteiger charge is 2.15. The Hall–Kier alpha value is -2.58. The number of nitrogens with one attached hydrogen (secondary N) is 1. The number of nitrogens with zero attached hydrogens (tertiary/aromatic N) is 1. The van der Waals surface area contributed by atoms with Gasteiger partial charge in [-0.2, -0.15) is 0 Å². The number of ether oxygens (including phenoxy) is 2. The van der Waals surface area contributed by atoms with Crippen LogP contribution in [0.2, 0.25) is 0 Å². The zero-order valence-electron chi connectivity index (χ0n) is 17.1. The molecule has 0 radical (unpaired) electrons. The van der Waals surface area contributed by atoms with E-state index in [9.17, 15) is 13.2 Å². The molecule has 158 valence electrons. The highest BCUT2D eigenvalue weighted by molar-refractivity contribution is 7.88. The van der Waals surface area contributed by atoms with Gasteiger partial charge in [0.15, 0.2) is 0 Å². The molecule has 0 fully saturated rings. The number of hydrogen-bond donors (Lipinski definition) is 1. The summed E-state index contributed by atoms with van der Waals surface area (Å²) in [6, 6.07) is 14.2. The Labute approximate surface area is 172 Å². The first-order chi connectivity index (χ1) is 13.8. The standard InChI is InChI=1S/C21H28N2O5S/c1-4-27-19-10-12-20(13-11-19)28-14-6-9-21(24)22-18-8-5-7-17(15-18)16-29(25,26)23(2)3/h5,7-8,10-13,15H,4,6,9,14,16H2,1-3H3,(H,22,24). The summed E-state index contributed by atoms with van der Waals surface area (Å²) in [6.07, 6.45) is 0.866. The third-order valence-electron chi connectivity index (χ3n) is 4.07. The second-order valence-corrected chi connectivity index (χ2v) is 8.83. The van der Waals surface area contributed by atoms with Crippen LogP contribution in [-0.2, 0) is 20.6 Å². The van der Waals surface area contributed by atoms with Gasteiger partial charge in [-0.3, -0.25) is 4.79 Å². The van der Waals surface area contributed by atoms with Gasteiger partial charge < -0.3 is 14.8 Å². The van der Waals surface area contributed by atoms with Crippen molar-refractivity contribution in [2.24, 2.45) is 0 Å². The molecule has 1 amide bonds. The SMILES string of the molecule is CCOc1ccc(OCCCC(=O)Nc2cccc(CS(=O)(=O)N(C)C)c2)cc1. The summed E-state index contributed by atoms with van der Waals surface area (Å²) in [5, 5.41) is 2.80. The molecule has 0 saturated carbocycles. The summed E-state index contributed by atoms with van der Waals surface area (Å²) in [5.41, 5.74) is 1.20. The first kappa shape index (κ1) is 22.7. The lowest BCUT2D eigenvalue weighted by molar-refractivity contribution is -0.116. The molecule has 29 heavy (non-hydrogen) atoms. The van der Waals surface area contributed by atoms with Crippen molar-refractivity contribution in [2.45, 2.75) is 25.5 Å². The zero-order chi connectivity index (χ0) is 21.3. The van der Waals surface area contributed by atoms with E-state index in [1.165, 1.54) is 18.4 Å². The molecule has 7 nitrogen and oxygen atoms in total. The van der Waals surface area contributed by atoms with Crippen molar-refractivity contribution >= 4 is 21.6 Å². The molecule has 0 aliphatic carbocycles. The number of amides is 1. The average molecular weight is 421 g/mol. The smallest absolute Gasteiger partial charge is 0.224 e. The van der Waals surface area contributed by atoms with E-state index in [-0.39, 0.29) is 11.7 Å². The highest BCUT2D eigenvalue weighted by Crippen LogP contribution is 2.18. The van der Waals surface area contributed by atoms with E-state index >= 15 is 0 Å². The van der Waals surface area contributed by atoms with E-state index in [4.69, 9.17) is 9.47 Å². The first-order valence-corrected chi connectivity index (χ1v) is 11.1. The first-order valence-electron chi connectivity index (χ1n) is 9.45. The quantitative estimate of drug-likeness (QED) is 0.564. The second-order valence-electron chi connectivity index (χ2n) is 6.64. The number of carbonyl (C=O) groups is 1. The molecule has 0 bridgehead atoms. The van der Waals surface area contributed by atoms with Crippen LogP contribution < -0.4 is 14.8 Å². The van der Waals surface area contributed by atoms with Crippen LogP contribution in [0.4, 0.5) is 5.69 Å². The summed E-state index contributed by atoms with van der Waals surface area (Å²) in [6.45, 7) is 2.96. The maximum Gasteiger partial charge on any atom is 0.224 e. The van der Waals surface area contributed by atoms with Crippen LogP contribution in [0.15, 0.2) is 48.5 Å². The number of rotatable bonds is 11. The molecule has 0 spiro atoms. The minimum Gasteiger partial charge on any atom is -0.494 e. The summed E-state index contributed by atoms with van der Waals surface area (Å²) in [5.74, 6) is 1.26. The van der Waals surface area contributed by atoms with Gasteiger partial charge in [0.25, 0.3) is 0 Å². The molecule has 0 unspecified atom stereocenters. The third-order valence-corrected chi connectivity index (χ3v) is 5.88. The molecule has 1 N–H and O–H groups in total. The molecule has 0 aromatic heterocycles. The largest absolute Gasteiger partial charge is 0.494 e. The van der Waals surface area contributed by atoms with Gasteiger partial charge in [-0.05, 0) is 55.3 Å². The number of hydrogen-bond acceptors (Lipinski definition) is 5. The second kappa shape index (κ2) is 10.8. The van der Waals surface area contributed by atoms with Crippen LogP contribution in [0.25, 0.3) is 0 Å². The van der Waals surface area contributed by atoms with E-state index in [0.29, 0.717) is 37.3 Å². The number of anilines is 1. The summed E-state index contributed by atoms with van der Waals surface area (Å²) < 4.78 is 36.2. The number of sulfonamides is 1. The predicted molar refractivity (Wildman–Crippen MR) is 114 cm³/mol. The van der Waals surface area contributed by atoms with Gasteiger partial charge in [-0.15, -0.1) is 0 Å². The maximum absolute atomic E-state index is 12.1. The maximum atomic E-state index is 12.1. The van der Waals surface area contributed by atoms with Gasteiger partial charge in [0.1, 0.15) is 11.5 Å². The molecule has 2 aromatic rings. The fourth-order valence-corrected chi connectivity index (χ4v) is 3.38. The van der Waals surface area contributed by atoms with Gasteiger partial charge in [-0.25, -0.2) is 12.7 Å². The van der Waals surface area contributed by atoms with Crippen LogP contribution in [0.3, 0.4) is 0 Å². The van der Waals surface area contributed by atoms with Crippen LogP contribution >= 0.6 is 0 Å². The highest BCUT2D eigenvalue weighted by atomic mass is 32.2. The zero-order valence-corrected chi connectivity index (χ0v) is 17.9. The van der Waals surface area contributed by atoms with Crippen molar-refractivity contribution in [1.29, 1.82) is 0 Å². The van der Waals surface area contributed by atoms with Gasteiger partial charge in [0.2, 0.25) is 15.9 Å². The Morgan fingerprint density at radius 2 is 1.69 bits per heavy atom. The van der Waals surface area contributed by atoms with Crippen molar-refractivity contribution in [2.75, 3.05) is 32.6 Å². The van der Waals surface area contributed by atoms with E-state index in [1.54, 1.807) is 24.3 Å². The van der Waals surface area contributed by atoms with Crippen molar-refractivity contribution in [3.8, 4) is 11.5 Å². The molecular weight excluding hydrogens is 392 g/mol. The van der Waals surface area contributed by atoms with Crippen molar-refractivity contribution < 1.29 is 22.7 Å². The Morgan fingerprint density at radius 1 is 1.03 bits per heavy atom. The Kier molecular flexibility index (Phi) is 8.48. The minimum absolute atomic E-state index is 0.111. The molecule has 0 atom stereocenters. The van der Waals surface area contributed by atoms with E-state index in [2.05, 4.69) is 5.32 Å². The third kappa shape index (κ3) is 7.75. The molecule has 0 aliphatic heterocycles. The lowest BCUT2D eigenvalue weighted by Crippen LogP contribution is -2.23. The average Bonchev–Trinajstić information content (AvgIpc) is 2.66. The van der Waals surface area contributed by atoms with E-state index in [0.717, 1.165) is 11.5 Å². The summed E-state index contributed by atoms with van der Waals surface area (Å²) in [7, 11) is -0.357. The number of carbonyl (C=O) groups excluding carboxylic acids is 1. The van der Waals surface area contributed by atoms with Crippen LogP contribution in [0, 0.1) is 0 Å². The monoisotopic (exact) mass is 420 g/mol. The van der Waals surface area contributed by atoms with Gasteiger partial charge in [-0.1, -0.05) is 12.1 Å². The molecule has 0 saturated heterocycles. The fourth-order valence-electron chi connectivity index (χ4n) is 2.52. The molecule has 8 heteroatoms. The molecule has 0 aliphatic rings. The van der Waals surface area contributed by atoms with Crippen molar-refractivity contribution in [3.05, 3.63) is 54.1 Å². The minimum atomic E-state index is -3.35. The summed E-state index contributed by atoms with van der Waals surface area (Å²) >= 11 is 0. The molecule has 0 heterocycles. The topological polar surface area (TPSA) is 84.9 Å². The molecule has 2 aromatic carbocycles. The van der Waals surface area contributed by atoms with Crippen molar-refractivity contribution in [1.82, 2.24) is 4.31 Å². The predicted octanol–water partition coefficient (Wildman–Crippen LogP) is 3.27. The summed E-state index contributed by atoms with van der Waals surface area (Å²) in [4.78, 5) is 12.1. The lowest BCUT2D eigenvalue weighted by atomic mass is 10.2. The van der Waals surface area contributed by atoms with E-state index < -0.39 is 10.0 Å².